The van der Waals surface area contributed by atoms with E-state index >= 15 is 0 Å². The van der Waals surface area contributed by atoms with Gasteiger partial charge in [0.25, 0.3) is 5.56 Å². The maximum atomic E-state index is 13.3. The zero-order chi connectivity index (χ0) is 21.8. The van der Waals surface area contributed by atoms with Crippen LogP contribution in [-0.2, 0) is 17.9 Å². The van der Waals surface area contributed by atoms with Crippen LogP contribution in [0, 0.1) is 11.8 Å². The Bertz CT molecular complexity index is 1150. The van der Waals surface area contributed by atoms with E-state index in [1.165, 1.54) is 15.9 Å². The fourth-order valence-corrected chi connectivity index (χ4v) is 5.31. The summed E-state index contributed by atoms with van der Waals surface area (Å²) in [4.78, 5) is 38.7. The predicted molar refractivity (Wildman–Crippen MR) is 125 cm³/mol. The summed E-state index contributed by atoms with van der Waals surface area (Å²) in [6.45, 7) is 3.63. The second kappa shape index (κ2) is 9.64. The standard InChI is InChI=1S/C24H29N3O3S/c1-2-13-25-22(28)19-10-8-18(9-11-19)16-27-23(29)21-20(12-14-31-21)26(24(27)30)15-17-6-4-3-5-7-17/h3-7,12,14,18-19H,2,8-11,13,15-16H2,1H3,(H,25,28). The Kier molecular flexibility index (Phi) is 6.70. The first kappa shape index (κ1) is 21.6. The van der Waals surface area contributed by atoms with Gasteiger partial charge < -0.3 is 5.32 Å². The Morgan fingerprint density at radius 2 is 1.81 bits per heavy atom. The number of amides is 1. The van der Waals surface area contributed by atoms with E-state index in [4.69, 9.17) is 0 Å². The van der Waals surface area contributed by atoms with E-state index in [1.807, 2.05) is 48.7 Å². The Morgan fingerprint density at radius 3 is 2.52 bits per heavy atom. The van der Waals surface area contributed by atoms with Crippen molar-refractivity contribution in [1.29, 1.82) is 0 Å². The fourth-order valence-electron chi connectivity index (χ4n) is 4.47. The van der Waals surface area contributed by atoms with Gasteiger partial charge in [0.2, 0.25) is 5.91 Å². The van der Waals surface area contributed by atoms with Gasteiger partial charge in [-0.2, -0.15) is 0 Å². The lowest BCUT2D eigenvalue weighted by atomic mass is 9.81. The van der Waals surface area contributed by atoms with Gasteiger partial charge in [0, 0.05) is 19.0 Å². The summed E-state index contributed by atoms with van der Waals surface area (Å²) in [6, 6.07) is 11.7. The number of thiophene rings is 1. The van der Waals surface area contributed by atoms with Gasteiger partial charge in [0.05, 0.1) is 12.1 Å². The monoisotopic (exact) mass is 439 g/mol. The molecule has 1 aliphatic carbocycles. The number of nitrogens with one attached hydrogen (secondary N) is 1. The van der Waals surface area contributed by atoms with Crippen molar-refractivity contribution >= 4 is 27.5 Å². The Hall–Kier alpha value is -2.67. The first-order valence-electron chi connectivity index (χ1n) is 11.1. The van der Waals surface area contributed by atoms with Crippen LogP contribution in [-0.4, -0.2) is 21.6 Å². The zero-order valence-corrected chi connectivity index (χ0v) is 18.7. The summed E-state index contributed by atoms with van der Waals surface area (Å²) in [6.07, 6.45) is 4.28. The van der Waals surface area contributed by atoms with E-state index in [9.17, 15) is 14.4 Å². The van der Waals surface area contributed by atoms with Crippen molar-refractivity contribution in [3.8, 4) is 0 Å². The minimum absolute atomic E-state index is 0.0500. The van der Waals surface area contributed by atoms with Crippen LogP contribution in [0.1, 0.15) is 44.6 Å². The van der Waals surface area contributed by atoms with Crippen LogP contribution in [0.3, 0.4) is 0 Å². The second-order valence-corrected chi connectivity index (χ2v) is 9.33. The number of rotatable bonds is 7. The molecule has 0 bridgehead atoms. The summed E-state index contributed by atoms with van der Waals surface area (Å²) >= 11 is 1.39. The number of carbonyl (C=O) groups excluding carboxylic acids is 1. The molecule has 0 unspecified atom stereocenters. The van der Waals surface area contributed by atoms with Gasteiger partial charge in [-0.15, -0.1) is 11.3 Å². The van der Waals surface area contributed by atoms with Crippen LogP contribution >= 0.6 is 11.3 Å². The summed E-state index contributed by atoms with van der Waals surface area (Å²) < 4.78 is 3.76. The van der Waals surface area contributed by atoms with Crippen molar-refractivity contribution in [2.45, 2.75) is 52.1 Å². The average molecular weight is 440 g/mol. The van der Waals surface area contributed by atoms with Crippen LogP contribution < -0.4 is 16.6 Å². The molecular weight excluding hydrogens is 410 g/mol. The number of aromatic nitrogens is 2. The summed E-state index contributed by atoms with van der Waals surface area (Å²) in [5.74, 6) is 0.430. The number of carbonyl (C=O) groups is 1. The van der Waals surface area contributed by atoms with E-state index < -0.39 is 0 Å². The lowest BCUT2D eigenvalue weighted by Gasteiger charge is -2.28. The highest BCUT2D eigenvalue weighted by Gasteiger charge is 2.27. The van der Waals surface area contributed by atoms with Crippen molar-refractivity contribution in [1.82, 2.24) is 14.5 Å². The molecule has 1 aromatic carbocycles. The molecule has 0 saturated heterocycles. The lowest BCUT2D eigenvalue weighted by Crippen LogP contribution is -2.42. The van der Waals surface area contributed by atoms with Gasteiger partial charge >= 0.3 is 5.69 Å². The topological polar surface area (TPSA) is 73.1 Å². The highest BCUT2D eigenvalue weighted by molar-refractivity contribution is 7.17. The summed E-state index contributed by atoms with van der Waals surface area (Å²) in [7, 11) is 0. The van der Waals surface area contributed by atoms with Crippen LogP contribution in [0.4, 0.5) is 0 Å². The smallest absolute Gasteiger partial charge is 0.331 e. The minimum Gasteiger partial charge on any atom is -0.356 e. The van der Waals surface area contributed by atoms with E-state index in [1.54, 1.807) is 4.57 Å². The molecule has 1 aliphatic rings. The van der Waals surface area contributed by atoms with Crippen LogP contribution in [0.2, 0.25) is 0 Å². The molecule has 1 amide bonds. The third-order valence-corrected chi connectivity index (χ3v) is 7.12. The van der Waals surface area contributed by atoms with Gasteiger partial charge in [-0.1, -0.05) is 37.3 Å². The third-order valence-electron chi connectivity index (χ3n) is 6.23. The molecule has 0 spiro atoms. The molecule has 0 aliphatic heterocycles. The van der Waals surface area contributed by atoms with E-state index in [-0.39, 0.29) is 29.0 Å². The molecule has 0 radical (unpaired) electrons. The van der Waals surface area contributed by atoms with Crippen LogP contribution in [0.5, 0.6) is 0 Å². The average Bonchev–Trinajstić information content (AvgIpc) is 3.29. The predicted octanol–water partition coefficient (Wildman–Crippen LogP) is 3.61. The van der Waals surface area contributed by atoms with Gasteiger partial charge in [-0.05, 0) is 55.0 Å². The van der Waals surface area contributed by atoms with Crippen molar-refractivity contribution in [2.24, 2.45) is 11.8 Å². The quantitative estimate of drug-likeness (QED) is 0.611. The Labute approximate surface area is 185 Å². The maximum Gasteiger partial charge on any atom is 0.331 e. The molecule has 1 saturated carbocycles. The molecule has 2 aromatic heterocycles. The number of nitrogens with zero attached hydrogens (tertiary/aromatic N) is 2. The zero-order valence-electron chi connectivity index (χ0n) is 17.9. The molecule has 2 heterocycles. The van der Waals surface area contributed by atoms with Crippen LogP contribution in [0.15, 0.2) is 51.4 Å². The third kappa shape index (κ3) is 4.66. The Balaban J connectivity index is 1.55. The molecule has 164 valence electrons. The number of hydrogen-bond donors (Lipinski definition) is 1. The van der Waals surface area contributed by atoms with E-state index in [0.717, 1.165) is 44.2 Å². The number of benzene rings is 1. The summed E-state index contributed by atoms with van der Waals surface area (Å²) in [5.41, 5.74) is 1.29. The van der Waals surface area contributed by atoms with Crippen molar-refractivity contribution < 1.29 is 4.79 Å². The largest absolute Gasteiger partial charge is 0.356 e. The van der Waals surface area contributed by atoms with Gasteiger partial charge in [-0.25, -0.2) is 4.79 Å². The maximum absolute atomic E-state index is 13.3. The summed E-state index contributed by atoms with van der Waals surface area (Å²) in [5, 5.41) is 4.86. The van der Waals surface area contributed by atoms with E-state index in [2.05, 4.69) is 5.32 Å². The van der Waals surface area contributed by atoms with Crippen molar-refractivity contribution in [2.75, 3.05) is 6.54 Å². The first-order chi connectivity index (χ1) is 15.1. The van der Waals surface area contributed by atoms with Gasteiger partial charge in [-0.3, -0.25) is 18.7 Å². The highest BCUT2D eigenvalue weighted by Crippen LogP contribution is 2.29. The lowest BCUT2D eigenvalue weighted by molar-refractivity contribution is -0.126. The second-order valence-electron chi connectivity index (χ2n) is 8.41. The van der Waals surface area contributed by atoms with E-state index in [0.29, 0.717) is 23.3 Å². The molecule has 6 nitrogen and oxygen atoms in total. The molecule has 1 N–H and O–H groups in total. The SMILES string of the molecule is CCCNC(=O)C1CCC(Cn2c(=O)c3sccc3n(Cc3ccccc3)c2=O)CC1. The molecule has 4 rings (SSSR count). The minimum atomic E-state index is -0.248. The normalized spacial score (nSPS) is 18.9. The molecule has 31 heavy (non-hydrogen) atoms. The number of hydrogen-bond acceptors (Lipinski definition) is 4. The molecule has 1 fully saturated rings. The van der Waals surface area contributed by atoms with Crippen molar-refractivity contribution in [3.05, 3.63) is 68.2 Å². The van der Waals surface area contributed by atoms with Crippen molar-refractivity contribution in [3.63, 3.8) is 0 Å². The first-order valence-corrected chi connectivity index (χ1v) is 12.0. The highest BCUT2D eigenvalue weighted by atomic mass is 32.1. The molecular formula is C24H29N3O3S. The molecule has 0 atom stereocenters. The van der Waals surface area contributed by atoms with Gasteiger partial charge in [0.15, 0.2) is 0 Å². The fraction of sp³-hybridized carbons (Fsp3) is 0.458. The van der Waals surface area contributed by atoms with Crippen LogP contribution in [0.25, 0.3) is 10.2 Å². The molecule has 7 heteroatoms. The Morgan fingerprint density at radius 1 is 1.06 bits per heavy atom. The van der Waals surface area contributed by atoms with Gasteiger partial charge in [0.1, 0.15) is 4.70 Å². The molecule has 3 aromatic rings. The number of fused-ring (bicyclic) bond motifs is 1.